The molecular formula is C13H17NO2. The molecule has 1 N–H and O–H groups in total. The molecular weight excluding hydrogens is 202 g/mol. The van der Waals surface area contributed by atoms with Gasteiger partial charge in [-0.3, -0.25) is 4.79 Å². The highest BCUT2D eigenvalue weighted by Gasteiger charge is 2.04. The van der Waals surface area contributed by atoms with Gasteiger partial charge in [-0.15, -0.1) is 0 Å². The molecule has 86 valence electrons. The first-order valence-corrected chi connectivity index (χ1v) is 5.45. The molecule has 0 saturated carbocycles. The van der Waals surface area contributed by atoms with Crippen LogP contribution < -0.4 is 5.32 Å². The first-order chi connectivity index (χ1) is 7.77. The maximum atomic E-state index is 11.8. The van der Waals surface area contributed by atoms with Crippen LogP contribution in [0.2, 0.25) is 0 Å². The van der Waals surface area contributed by atoms with E-state index in [-0.39, 0.29) is 5.78 Å². The lowest BCUT2D eigenvalue weighted by Crippen LogP contribution is -2.16. The maximum Gasteiger partial charge on any atom is 0.191 e. The van der Waals surface area contributed by atoms with Crippen molar-refractivity contribution in [3.8, 4) is 0 Å². The van der Waals surface area contributed by atoms with Crippen molar-refractivity contribution >= 4 is 5.78 Å². The number of hydrogen-bond donors (Lipinski definition) is 1. The molecule has 1 aromatic carbocycles. The highest BCUT2D eigenvalue weighted by atomic mass is 16.5. The Morgan fingerprint density at radius 3 is 2.56 bits per heavy atom. The Labute approximate surface area is 96.1 Å². The molecule has 3 heteroatoms. The summed E-state index contributed by atoms with van der Waals surface area (Å²) < 4.78 is 5.30. The molecule has 1 aromatic rings. The molecule has 0 amide bonds. The van der Waals surface area contributed by atoms with Gasteiger partial charge in [0.05, 0.1) is 6.61 Å². The van der Waals surface area contributed by atoms with E-state index in [1.807, 2.05) is 32.0 Å². The Kier molecular flexibility index (Phi) is 5.12. The second kappa shape index (κ2) is 6.67. The third kappa shape index (κ3) is 3.77. The summed E-state index contributed by atoms with van der Waals surface area (Å²) >= 11 is 0. The fourth-order valence-electron chi connectivity index (χ4n) is 1.28. The molecule has 1 rings (SSSR count). The van der Waals surface area contributed by atoms with Gasteiger partial charge in [0.15, 0.2) is 11.7 Å². The van der Waals surface area contributed by atoms with Gasteiger partial charge in [0.2, 0.25) is 0 Å². The number of carbonyl (C=O) groups is 1. The van der Waals surface area contributed by atoms with Crippen molar-refractivity contribution in [3.63, 3.8) is 0 Å². The topological polar surface area (TPSA) is 38.3 Å². The Hall–Kier alpha value is -1.77. The van der Waals surface area contributed by atoms with E-state index in [1.165, 1.54) is 6.08 Å². The van der Waals surface area contributed by atoms with Crippen molar-refractivity contribution in [2.45, 2.75) is 13.8 Å². The molecule has 0 bridgehead atoms. The average molecular weight is 219 g/mol. The van der Waals surface area contributed by atoms with Gasteiger partial charge in [0.25, 0.3) is 0 Å². The van der Waals surface area contributed by atoms with Crippen LogP contribution in [-0.2, 0) is 4.74 Å². The number of rotatable bonds is 6. The van der Waals surface area contributed by atoms with Crippen LogP contribution in [0.1, 0.15) is 24.2 Å². The van der Waals surface area contributed by atoms with E-state index in [1.54, 1.807) is 12.1 Å². The van der Waals surface area contributed by atoms with Crippen molar-refractivity contribution in [1.82, 2.24) is 5.32 Å². The zero-order valence-corrected chi connectivity index (χ0v) is 9.69. The van der Waals surface area contributed by atoms with Crippen molar-refractivity contribution in [2.75, 3.05) is 13.2 Å². The number of hydrogen-bond acceptors (Lipinski definition) is 3. The molecule has 0 radical (unpaired) electrons. The van der Waals surface area contributed by atoms with Crippen LogP contribution >= 0.6 is 0 Å². The van der Waals surface area contributed by atoms with Crippen molar-refractivity contribution in [1.29, 1.82) is 0 Å². The molecule has 0 saturated heterocycles. The van der Waals surface area contributed by atoms with Crippen molar-refractivity contribution < 1.29 is 9.53 Å². The molecule has 0 unspecified atom stereocenters. The third-order valence-corrected chi connectivity index (χ3v) is 1.97. The van der Waals surface area contributed by atoms with E-state index in [0.717, 1.165) is 6.54 Å². The van der Waals surface area contributed by atoms with E-state index >= 15 is 0 Å². The van der Waals surface area contributed by atoms with Gasteiger partial charge < -0.3 is 10.1 Å². The summed E-state index contributed by atoms with van der Waals surface area (Å²) in [7, 11) is 0. The second-order valence-electron chi connectivity index (χ2n) is 3.20. The summed E-state index contributed by atoms with van der Waals surface area (Å²) in [6.07, 6.45) is 1.49. The number of carbonyl (C=O) groups excluding carboxylic acids is 1. The van der Waals surface area contributed by atoms with Crippen LogP contribution in [0.25, 0.3) is 0 Å². The highest BCUT2D eigenvalue weighted by Crippen LogP contribution is 2.03. The predicted molar refractivity (Wildman–Crippen MR) is 64.2 cm³/mol. The van der Waals surface area contributed by atoms with Crippen LogP contribution in [0.3, 0.4) is 0 Å². The van der Waals surface area contributed by atoms with Gasteiger partial charge in [-0.1, -0.05) is 30.3 Å². The van der Waals surface area contributed by atoms with E-state index in [2.05, 4.69) is 5.32 Å². The summed E-state index contributed by atoms with van der Waals surface area (Å²) in [5, 5.41) is 3.00. The highest BCUT2D eigenvalue weighted by molar-refractivity contribution is 6.04. The normalized spacial score (nSPS) is 11.0. The Morgan fingerprint density at radius 2 is 2.00 bits per heavy atom. The monoisotopic (exact) mass is 219 g/mol. The third-order valence-electron chi connectivity index (χ3n) is 1.97. The molecule has 0 aromatic heterocycles. The zero-order valence-electron chi connectivity index (χ0n) is 9.69. The number of nitrogens with one attached hydrogen (secondary N) is 1. The first-order valence-electron chi connectivity index (χ1n) is 5.45. The standard InChI is InChI=1S/C13H17NO2/c1-3-14-13(16-4-2)10-12(15)11-8-6-5-7-9-11/h5-10,14H,3-4H2,1-2H3/b13-10+. The van der Waals surface area contributed by atoms with Crippen LogP contribution in [0.15, 0.2) is 42.3 Å². The number of allylic oxidation sites excluding steroid dienone is 1. The molecule has 0 atom stereocenters. The molecule has 0 aliphatic carbocycles. The average Bonchev–Trinajstić information content (AvgIpc) is 2.31. The van der Waals surface area contributed by atoms with Gasteiger partial charge in [-0.05, 0) is 13.8 Å². The van der Waals surface area contributed by atoms with Crippen LogP contribution in [0, 0.1) is 0 Å². The molecule has 0 aliphatic rings. The summed E-state index contributed by atoms with van der Waals surface area (Å²) in [5.41, 5.74) is 0.664. The van der Waals surface area contributed by atoms with E-state index in [0.29, 0.717) is 18.1 Å². The Morgan fingerprint density at radius 1 is 1.31 bits per heavy atom. The lowest BCUT2D eigenvalue weighted by atomic mass is 10.1. The van der Waals surface area contributed by atoms with E-state index in [4.69, 9.17) is 4.74 Å². The summed E-state index contributed by atoms with van der Waals surface area (Å²) in [5.74, 6) is 0.476. The second-order valence-corrected chi connectivity index (χ2v) is 3.20. The molecule has 0 fully saturated rings. The van der Waals surface area contributed by atoms with Crippen LogP contribution in [-0.4, -0.2) is 18.9 Å². The molecule has 16 heavy (non-hydrogen) atoms. The molecule has 0 spiro atoms. The van der Waals surface area contributed by atoms with Crippen LogP contribution in [0.5, 0.6) is 0 Å². The van der Waals surface area contributed by atoms with Crippen molar-refractivity contribution in [3.05, 3.63) is 47.9 Å². The Balaban J connectivity index is 2.76. The zero-order chi connectivity index (χ0) is 11.8. The minimum atomic E-state index is -0.0509. The SMILES string of the molecule is CCN/C(=C\C(=O)c1ccccc1)OCC. The lowest BCUT2D eigenvalue weighted by molar-refractivity contribution is 0.103. The number of benzene rings is 1. The molecule has 3 nitrogen and oxygen atoms in total. The van der Waals surface area contributed by atoms with E-state index in [9.17, 15) is 4.79 Å². The largest absolute Gasteiger partial charge is 0.479 e. The predicted octanol–water partition coefficient (Wildman–Crippen LogP) is 2.36. The smallest absolute Gasteiger partial charge is 0.191 e. The Bertz CT molecular complexity index is 349. The maximum absolute atomic E-state index is 11.8. The van der Waals surface area contributed by atoms with Gasteiger partial charge in [0, 0.05) is 18.2 Å². The van der Waals surface area contributed by atoms with Gasteiger partial charge in [-0.2, -0.15) is 0 Å². The number of ketones is 1. The summed E-state index contributed by atoms with van der Waals surface area (Å²) in [4.78, 5) is 11.8. The van der Waals surface area contributed by atoms with Gasteiger partial charge in [-0.25, -0.2) is 0 Å². The van der Waals surface area contributed by atoms with E-state index < -0.39 is 0 Å². The fourth-order valence-corrected chi connectivity index (χ4v) is 1.28. The summed E-state index contributed by atoms with van der Waals surface area (Å²) in [6, 6.07) is 9.14. The molecule has 0 heterocycles. The van der Waals surface area contributed by atoms with Crippen LogP contribution in [0.4, 0.5) is 0 Å². The lowest BCUT2D eigenvalue weighted by Gasteiger charge is -2.08. The minimum Gasteiger partial charge on any atom is -0.479 e. The number of ether oxygens (including phenoxy) is 1. The summed E-state index contributed by atoms with van der Waals surface area (Å²) in [6.45, 7) is 5.12. The molecule has 0 aliphatic heterocycles. The van der Waals surface area contributed by atoms with Crippen molar-refractivity contribution in [2.24, 2.45) is 0 Å². The quantitative estimate of drug-likeness (QED) is 0.453. The van der Waals surface area contributed by atoms with Gasteiger partial charge in [0.1, 0.15) is 0 Å². The van der Waals surface area contributed by atoms with Gasteiger partial charge >= 0.3 is 0 Å². The first kappa shape index (κ1) is 12.3. The minimum absolute atomic E-state index is 0.0509. The fraction of sp³-hybridized carbons (Fsp3) is 0.308.